The quantitative estimate of drug-likeness (QED) is 0.419. The molecule has 33 heavy (non-hydrogen) atoms. The van der Waals surface area contributed by atoms with E-state index in [1.54, 1.807) is 11.5 Å². The molecule has 0 saturated heterocycles. The predicted octanol–water partition coefficient (Wildman–Crippen LogP) is 4.14. The second-order valence-electron chi connectivity index (χ2n) is 8.73. The fraction of sp³-hybridized carbons (Fsp3) is 0.222. The average Bonchev–Trinajstić information content (AvgIpc) is 3.14. The Hall–Kier alpha value is -3.77. The Bertz CT molecular complexity index is 1510. The highest BCUT2D eigenvalue weighted by atomic mass is 16.5. The molecule has 164 valence electrons. The van der Waals surface area contributed by atoms with Gasteiger partial charge in [0.2, 0.25) is 0 Å². The van der Waals surface area contributed by atoms with Gasteiger partial charge in [-0.25, -0.2) is 4.98 Å². The van der Waals surface area contributed by atoms with Crippen LogP contribution in [0.1, 0.15) is 36.5 Å². The predicted molar refractivity (Wildman–Crippen MR) is 125 cm³/mol. The maximum atomic E-state index is 13.6. The summed E-state index contributed by atoms with van der Waals surface area (Å²) in [5.74, 6) is -0.504. The molecule has 6 nitrogen and oxygen atoms in total. The largest absolute Gasteiger partial charge is 0.460 e. The highest BCUT2D eigenvalue weighted by Gasteiger charge is 2.39. The third-order valence-corrected chi connectivity index (χ3v) is 6.92. The SMILES string of the molecule is CC[C@]1(O)CC(=O)OCc2c1cc1n(c2=O)Cc2c-1nc1ccccc1c2-c1ccccc1. The van der Waals surface area contributed by atoms with Crippen molar-refractivity contribution >= 4 is 16.9 Å². The summed E-state index contributed by atoms with van der Waals surface area (Å²) in [6.45, 7) is 2.05. The van der Waals surface area contributed by atoms with E-state index in [1.165, 1.54) is 0 Å². The van der Waals surface area contributed by atoms with Crippen molar-refractivity contribution in [1.29, 1.82) is 0 Å². The van der Waals surface area contributed by atoms with Crippen molar-refractivity contribution in [2.75, 3.05) is 0 Å². The lowest BCUT2D eigenvalue weighted by atomic mass is 9.85. The van der Waals surface area contributed by atoms with E-state index < -0.39 is 11.6 Å². The van der Waals surface area contributed by atoms with Gasteiger partial charge in [-0.3, -0.25) is 9.59 Å². The van der Waals surface area contributed by atoms with Gasteiger partial charge in [-0.15, -0.1) is 0 Å². The van der Waals surface area contributed by atoms with E-state index in [4.69, 9.17) is 9.72 Å². The third-order valence-electron chi connectivity index (χ3n) is 6.92. The molecule has 0 aliphatic carbocycles. The van der Waals surface area contributed by atoms with Crippen LogP contribution in [0.3, 0.4) is 0 Å². The number of cyclic esters (lactones) is 1. The van der Waals surface area contributed by atoms with Crippen LogP contribution in [0.25, 0.3) is 33.4 Å². The van der Waals surface area contributed by atoms with Crippen molar-refractivity contribution in [3.8, 4) is 22.5 Å². The number of aromatic nitrogens is 2. The summed E-state index contributed by atoms with van der Waals surface area (Å²) in [6.07, 6.45) is 0.123. The molecule has 0 bridgehead atoms. The first kappa shape index (κ1) is 19.9. The topological polar surface area (TPSA) is 81.4 Å². The number of hydrogen-bond donors (Lipinski definition) is 1. The van der Waals surface area contributed by atoms with Crippen LogP contribution >= 0.6 is 0 Å². The summed E-state index contributed by atoms with van der Waals surface area (Å²) in [7, 11) is 0. The van der Waals surface area contributed by atoms with E-state index in [2.05, 4.69) is 18.2 Å². The van der Waals surface area contributed by atoms with E-state index in [0.29, 0.717) is 29.8 Å². The first-order valence-electron chi connectivity index (χ1n) is 11.1. The van der Waals surface area contributed by atoms with Crippen LogP contribution in [-0.4, -0.2) is 20.6 Å². The van der Waals surface area contributed by atoms with Gasteiger partial charge in [-0.1, -0.05) is 55.5 Å². The van der Waals surface area contributed by atoms with Crippen molar-refractivity contribution in [3.05, 3.63) is 87.7 Å². The van der Waals surface area contributed by atoms with Crippen molar-refractivity contribution in [2.45, 2.75) is 38.5 Å². The second-order valence-corrected chi connectivity index (χ2v) is 8.73. The maximum Gasteiger partial charge on any atom is 0.309 e. The number of nitrogens with zero attached hydrogens (tertiary/aromatic N) is 2. The van der Waals surface area contributed by atoms with Crippen LogP contribution in [0.15, 0.2) is 65.5 Å². The molecule has 0 fully saturated rings. The number of carbonyl (C=O) groups is 1. The zero-order chi connectivity index (χ0) is 22.7. The third kappa shape index (κ3) is 2.87. The molecule has 0 unspecified atom stereocenters. The van der Waals surface area contributed by atoms with Gasteiger partial charge in [0.1, 0.15) is 12.2 Å². The number of fused-ring (bicyclic) bond motifs is 5. The summed E-state index contributed by atoms with van der Waals surface area (Å²) in [6, 6.07) is 19.9. The molecule has 1 N–H and O–H groups in total. The van der Waals surface area contributed by atoms with Crippen LogP contribution < -0.4 is 5.56 Å². The Kier molecular flexibility index (Phi) is 4.29. The number of rotatable bonds is 2. The molecule has 0 spiro atoms. The van der Waals surface area contributed by atoms with Gasteiger partial charge < -0.3 is 14.4 Å². The number of carbonyl (C=O) groups excluding carboxylic acids is 1. The van der Waals surface area contributed by atoms with E-state index in [1.807, 2.05) is 42.5 Å². The smallest absolute Gasteiger partial charge is 0.309 e. The van der Waals surface area contributed by atoms with Gasteiger partial charge in [-0.05, 0) is 35.2 Å². The standard InChI is InChI=1S/C27H22N2O4/c1-2-27(32)13-23(30)33-15-19-20(27)12-22-25-18(14-29(22)26(19)31)24(16-8-4-3-5-9-16)17-10-6-7-11-21(17)28-25/h3-12,32H,2,13-15H2,1H3/t27-/m0/s1. The van der Waals surface area contributed by atoms with Crippen molar-refractivity contribution in [1.82, 2.24) is 9.55 Å². The van der Waals surface area contributed by atoms with Crippen molar-refractivity contribution in [3.63, 3.8) is 0 Å². The van der Waals surface area contributed by atoms with Crippen molar-refractivity contribution < 1.29 is 14.6 Å². The number of benzene rings is 2. The van der Waals surface area contributed by atoms with Gasteiger partial charge in [-0.2, -0.15) is 0 Å². The molecule has 4 heterocycles. The number of pyridine rings is 2. The summed E-state index contributed by atoms with van der Waals surface area (Å²) >= 11 is 0. The molecule has 0 radical (unpaired) electrons. The summed E-state index contributed by atoms with van der Waals surface area (Å²) in [5.41, 5.74) is 4.47. The minimum absolute atomic E-state index is 0.132. The average molecular weight is 438 g/mol. The summed E-state index contributed by atoms with van der Waals surface area (Å²) in [5, 5.41) is 12.4. The number of para-hydroxylation sites is 1. The molecule has 6 rings (SSSR count). The van der Waals surface area contributed by atoms with Crippen LogP contribution in [0.4, 0.5) is 0 Å². The van der Waals surface area contributed by atoms with Crippen LogP contribution in [-0.2, 0) is 28.3 Å². The lowest BCUT2D eigenvalue weighted by Gasteiger charge is -2.26. The Labute approximate surface area is 190 Å². The Morgan fingerprint density at radius 2 is 1.82 bits per heavy atom. The van der Waals surface area contributed by atoms with Gasteiger partial charge in [0.25, 0.3) is 5.56 Å². The highest BCUT2D eigenvalue weighted by molar-refractivity contribution is 5.99. The van der Waals surface area contributed by atoms with E-state index in [0.717, 1.165) is 33.3 Å². The second kappa shape index (κ2) is 7.12. The lowest BCUT2D eigenvalue weighted by Crippen LogP contribution is -2.32. The molecule has 2 aromatic carbocycles. The Balaban J connectivity index is 1.67. The highest BCUT2D eigenvalue weighted by Crippen LogP contribution is 2.43. The molecule has 1 atom stereocenters. The van der Waals surface area contributed by atoms with E-state index in [-0.39, 0.29) is 18.6 Å². The van der Waals surface area contributed by atoms with Crippen LogP contribution in [0.2, 0.25) is 0 Å². The molecule has 2 aliphatic rings. The van der Waals surface area contributed by atoms with Crippen LogP contribution in [0, 0.1) is 0 Å². The number of ether oxygens (including phenoxy) is 1. The van der Waals surface area contributed by atoms with E-state index in [9.17, 15) is 14.7 Å². The van der Waals surface area contributed by atoms with Crippen LogP contribution in [0.5, 0.6) is 0 Å². The van der Waals surface area contributed by atoms with Gasteiger partial charge >= 0.3 is 5.97 Å². The summed E-state index contributed by atoms with van der Waals surface area (Å²) in [4.78, 5) is 30.7. The molecular weight excluding hydrogens is 416 g/mol. The van der Waals surface area contributed by atoms with E-state index >= 15 is 0 Å². The van der Waals surface area contributed by atoms with Gasteiger partial charge in [0.05, 0.1) is 35.4 Å². The number of esters is 1. The lowest BCUT2D eigenvalue weighted by molar-refractivity contribution is -0.149. The normalized spacial score (nSPS) is 18.9. The first-order chi connectivity index (χ1) is 16.0. The molecule has 6 heteroatoms. The zero-order valence-corrected chi connectivity index (χ0v) is 18.2. The van der Waals surface area contributed by atoms with Gasteiger partial charge in [0, 0.05) is 10.9 Å². The number of aliphatic hydroxyl groups is 1. The maximum absolute atomic E-state index is 13.6. The molecule has 2 aliphatic heterocycles. The van der Waals surface area contributed by atoms with Gasteiger partial charge in [0.15, 0.2) is 0 Å². The molecule has 0 saturated carbocycles. The monoisotopic (exact) mass is 438 g/mol. The zero-order valence-electron chi connectivity index (χ0n) is 18.2. The first-order valence-corrected chi connectivity index (χ1v) is 11.1. The molecule has 2 aromatic heterocycles. The fourth-order valence-electron chi connectivity index (χ4n) is 5.16. The molecular formula is C27H22N2O4. The molecule has 4 aromatic rings. The minimum Gasteiger partial charge on any atom is -0.460 e. The minimum atomic E-state index is -1.44. The summed E-state index contributed by atoms with van der Waals surface area (Å²) < 4.78 is 6.96. The van der Waals surface area contributed by atoms with Crippen molar-refractivity contribution in [2.24, 2.45) is 0 Å². The Morgan fingerprint density at radius 1 is 1.06 bits per heavy atom. The molecule has 0 amide bonds. The Morgan fingerprint density at radius 3 is 2.61 bits per heavy atom. The fourth-order valence-corrected chi connectivity index (χ4v) is 5.16. The number of hydrogen-bond acceptors (Lipinski definition) is 5.